The summed E-state index contributed by atoms with van der Waals surface area (Å²) >= 11 is 0. The minimum Gasteiger partial charge on any atom is -0.375 e. The Kier molecular flexibility index (Phi) is 2.87. The van der Waals surface area contributed by atoms with Crippen molar-refractivity contribution in [2.24, 2.45) is 5.73 Å². The number of benzene rings is 1. The SMILES string of the molecule is NC1CC(N2CCOC3CCCC32)c2ccccc21. The molecule has 1 saturated heterocycles. The van der Waals surface area contributed by atoms with Crippen LogP contribution < -0.4 is 5.73 Å². The van der Waals surface area contributed by atoms with Gasteiger partial charge in [0.2, 0.25) is 0 Å². The summed E-state index contributed by atoms with van der Waals surface area (Å²) in [5, 5.41) is 0. The molecule has 2 aliphatic carbocycles. The predicted octanol–water partition coefficient (Wildman–Crippen LogP) is 2.38. The van der Waals surface area contributed by atoms with Crippen LogP contribution >= 0.6 is 0 Å². The smallest absolute Gasteiger partial charge is 0.0731 e. The highest BCUT2D eigenvalue weighted by Crippen LogP contribution is 2.44. The molecule has 0 radical (unpaired) electrons. The molecule has 19 heavy (non-hydrogen) atoms. The van der Waals surface area contributed by atoms with Crippen LogP contribution in [0.1, 0.15) is 48.9 Å². The van der Waals surface area contributed by atoms with Gasteiger partial charge in [-0.05, 0) is 36.8 Å². The van der Waals surface area contributed by atoms with Gasteiger partial charge in [0.1, 0.15) is 0 Å². The third-order valence-corrected chi connectivity index (χ3v) is 5.16. The molecule has 0 amide bonds. The Bertz CT molecular complexity index is 476. The summed E-state index contributed by atoms with van der Waals surface area (Å²) < 4.78 is 5.93. The van der Waals surface area contributed by atoms with Gasteiger partial charge in [-0.1, -0.05) is 24.3 Å². The van der Waals surface area contributed by atoms with Crippen LogP contribution in [-0.4, -0.2) is 30.2 Å². The van der Waals surface area contributed by atoms with Crippen LogP contribution in [0.2, 0.25) is 0 Å². The van der Waals surface area contributed by atoms with E-state index in [0.717, 1.165) is 19.6 Å². The zero-order chi connectivity index (χ0) is 12.8. The predicted molar refractivity (Wildman–Crippen MR) is 74.8 cm³/mol. The maximum atomic E-state index is 6.32. The molecule has 4 atom stereocenters. The van der Waals surface area contributed by atoms with Gasteiger partial charge in [-0.25, -0.2) is 0 Å². The maximum absolute atomic E-state index is 6.32. The van der Waals surface area contributed by atoms with Crippen LogP contribution in [0.3, 0.4) is 0 Å². The molecule has 3 heteroatoms. The number of rotatable bonds is 1. The van der Waals surface area contributed by atoms with Gasteiger partial charge in [0.05, 0.1) is 12.7 Å². The second-order valence-electron chi connectivity index (χ2n) is 6.13. The van der Waals surface area contributed by atoms with Crippen molar-refractivity contribution in [1.29, 1.82) is 0 Å². The van der Waals surface area contributed by atoms with Crippen LogP contribution in [-0.2, 0) is 4.74 Å². The van der Waals surface area contributed by atoms with Gasteiger partial charge in [-0.15, -0.1) is 0 Å². The van der Waals surface area contributed by atoms with Gasteiger partial charge in [-0.3, -0.25) is 4.90 Å². The van der Waals surface area contributed by atoms with E-state index in [-0.39, 0.29) is 6.04 Å². The average Bonchev–Trinajstić information content (AvgIpc) is 3.04. The standard InChI is InChI=1S/C16H22N2O/c17-13-10-15(12-5-2-1-4-11(12)13)18-8-9-19-16-7-3-6-14(16)18/h1-2,4-5,13-16H,3,6-10,17H2. The Labute approximate surface area is 114 Å². The molecule has 2 N–H and O–H groups in total. The second kappa shape index (κ2) is 4.58. The Morgan fingerprint density at radius 2 is 2.00 bits per heavy atom. The molecular formula is C16H22N2O. The summed E-state index contributed by atoms with van der Waals surface area (Å²) in [6.45, 7) is 1.95. The summed E-state index contributed by atoms with van der Waals surface area (Å²) in [5.74, 6) is 0. The fraction of sp³-hybridized carbons (Fsp3) is 0.625. The molecular weight excluding hydrogens is 236 g/mol. The average molecular weight is 258 g/mol. The molecule has 0 bridgehead atoms. The normalized spacial score (nSPS) is 38.2. The molecule has 1 aliphatic heterocycles. The lowest BCUT2D eigenvalue weighted by atomic mass is 10.0. The molecule has 4 rings (SSSR count). The monoisotopic (exact) mass is 258 g/mol. The molecule has 0 spiro atoms. The zero-order valence-corrected chi connectivity index (χ0v) is 11.3. The first kappa shape index (κ1) is 11.9. The summed E-state index contributed by atoms with van der Waals surface area (Å²) in [5.41, 5.74) is 9.14. The lowest BCUT2D eigenvalue weighted by Gasteiger charge is -2.41. The van der Waals surface area contributed by atoms with E-state index in [1.54, 1.807) is 0 Å². The van der Waals surface area contributed by atoms with Crippen LogP contribution in [0, 0.1) is 0 Å². The number of hydrogen-bond acceptors (Lipinski definition) is 3. The van der Waals surface area contributed by atoms with Crippen molar-refractivity contribution in [3.63, 3.8) is 0 Å². The van der Waals surface area contributed by atoms with Crippen molar-refractivity contribution >= 4 is 0 Å². The van der Waals surface area contributed by atoms with E-state index in [4.69, 9.17) is 10.5 Å². The van der Waals surface area contributed by atoms with E-state index < -0.39 is 0 Å². The van der Waals surface area contributed by atoms with Gasteiger partial charge in [-0.2, -0.15) is 0 Å². The summed E-state index contributed by atoms with van der Waals surface area (Å²) in [7, 11) is 0. The lowest BCUT2D eigenvalue weighted by Crippen LogP contribution is -2.49. The minimum absolute atomic E-state index is 0.212. The molecule has 1 saturated carbocycles. The topological polar surface area (TPSA) is 38.5 Å². The molecule has 4 unspecified atom stereocenters. The number of nitrogens with two attached hydrogens (primary N) is 1. The fourth-order valence-electron chi connectivity index (χ4n) is 4.30. The first-order chi connectivity index (χ1) is 9.34. The summed E-state index contributed by atoms with van der Waals surface area (Å²) in [6, 6.07) is 10.1. The van der Waals surface area contributed by atoms with Gasteiger partial charge >= 0.3 is 0 Å². The van der Waals surface area contributed by atoms with Crippen molar-refractivity contribution < 1.29 is 4.74 Å². The van der Waals surface area contributed by atoms with Crippen LogP contribution in [0.4, 0.5) is 0 Å². The number of nitrogens with zero attached hydrogens (tertiary/aromatic N) is 1. The van der Waals surface area contributed by atoms with Gasteiger partial charge < -0.3 is 10.5 Å². The van der Waals surface area contributed by atoms with Crippen molar-refractivity contribution in [3.05, 3.63) is 35.4 Å². The molecule has 3 nitrogen and oxygen atoms in total. The minimum atomic E-state index is 0.212. The highest BCUT2D eigenvalue weighted by atomic mass is 16.5. The van der Waals surface area contributed by atoms with E-state index in [1.807, 2.05) is 0 Å². The zero-order valence-electron chi connectivity index (χ0n) is 11.3. The molecule has 3 aliphatic rings. The third kappa shape index (κ3) is 1.83. The Morgan fingerprint density at radius 3 is 2.89 bits per heavy atom. The third-order valence-electron chi connectivity index (χ3n) is 5.16. The molecule has 1 heterocycles. The van der Waals surface area contributed by atoms with Crippen LogP contribution in [0.5, 0.6) is 0 Å². The number of morpholine rings is 1. The van der Waals surface area contributed by atoms with E-state index in [9.17, 15) is 0 Å². The van der Waals surface area contributed by atoms with Crippen molar-refractivity contribution in [2.45, 2.75) is 49.9 Å². The summed E-state index contributed by atoms with van der Waals surface area (Å²) in [4.78, 5) is 2.69. The second-order valence-corrected chi connectivity index (χ2v) is 6.13. The van der Waals surface area contributed by atoms with Crippen LogP contribution in [0.15, 0.2) is 24.3 Å². The van der Waals surface area contributed by atoms with E-state index in [0.29, 0.717) is 18.2 Å². The Hall–Kier alpha value is -0.900. The highest BCUT2D eigenvalue weighted by molar-refractivity contribution is 5.37. The van der Waals surface area contributed by atoms with E-state index >= 15 is 0 Å². The number of hydrogen-bond donors (Lipinski definition) is 1. The largest absolute Gasteiger partial charge is 0.375 e. The Morgan fingerprint density at radius 1 is 1.16 bits per heavy atom. The maximum Gasteiger partial charge on any atom is 0.0731 e. The first-order valence-corrected chi connectivity index (χ1v) is 7.56. The van der Waals surface area contributed by atoms with Crippen molar-refractivity contribution in [3.8, 4) is 0 Å². The highest BCUT2D eigenvalue weighted by Gasteiger charge is 2.42. The molecule has 0 aromatic heterocycles. The molecule has 1 aromatic rings. The Balaban J connectivity index is 1.66. The van der Waals surface area contributed by atoms with Crippen LogP contribution in [0.25, 0.3) is 0 Å². The quantitative estimate of drug-likeness (QED) is 0.840. The van der Waals surface area contributed by atoms with Crippen molar-refractivity contribution in [1.82, 2.24) is 4.90 Å². The van der Waals surface area contributed by atoms with Gasteiger partial charge in [0, 0.05) is 24.7 Å². The first-order valence-electron chi connectivity index (χ1n) is 7.56. The van der Waals surface area contributed by atoms with Crippen molar-refractivity contribution in [2.75, 3.05) is 13.2 Å². The fourth-order valence-corrected chi connectivity index (χ4v) is 4.30. The summed E-state index contributed by atoms with van der Waals surface area (Å²) in [6.07, 6.45) is 5.38. The van der Waals surface area contributed by atoms with E-state index in [2.05, 4.69) is 29.2 Å². The van der Waals surface area contributed by atoms with Gasteiger partial charge in [0.25, 0.3) is 0 Å². The molecule has 1 aromatic carbocycles. The van der Waals surface area contributed by atoms with E-state index in [1.165, 1.54) is 30.4 Å². The number of ether oxygens (including phenoxy) is 1. The molecule has 2 fully saturated rings. The lowest BCUT2D eigenvalue weighted by molar-refractivity contribution is -0.0727. The van der Waals surface area contributed by atoms with Gasteiger partial charge in [0.15, 0.2) is 0 Å². The number of fused-ring (bicyclic) bond motifs is 2. The molecule has 102 valence electrons.